The molecular formula is C15H26N2O. The number of fused-ring (bicyclic) bond motifs is 1. The number of anilines is 1. The van der Waals surface area contributed by atoms with Gasteiger partial charge in [0.05, 0.1) is 0 Å². The summed E-state index contributed by atoms with van der Waals surface area (Å²) in [7, 11) is 1.89. The molecule has 1 amide bonds. The summed E-state index contributed by atoms with van der Waals surface area (Å²) in [5.74, 6) is 0.0557. The van der Waals surface area contributed by atoms with Gasteiger partial charge in [-0.15, -0.1) is 0 Å². The van der Waals surface area contributed by atoms with Crippen LogP contribution in [0.1, 0.15) is 50.0 Å². The molecule has 102 valence electrons. The van der Waals surface area contributed by atoms with Crippen molar-refractivity contribution in [1.82, 2.24) is 5.32 Å². The van der Waals surface area contributed by atoms with Gasteiger partial charge in [-0.1, -0.05) is 27.7 Å². The normalized spacial score (nSPS) is 12.6. The maximum atomic E-state index is 11.6. The van der Waals surface area contributed by atoms with Crippen LogP contribution in [-0.4, -0.2) is 19.5 Å². The molecule has 1 aromatic carbocycles. The number of rotatable bonds is 1. The molecule has 0 fully saturated rings. The monoisotopic (exact) mass is 250 g/mol. The van der Waals surface area contributed by atoms with Crippen LogP contribution in [0.2, 0.25) is 0 Å². The lowest BCUT2D eigenvalue weighted by Crippen LogP contribution is -2.22. The standard InChI is InChI=1S/C11H14N2O.2C2H6/c1-12-9-4-5-10-8(7-9)3-2-6-13-11(10)14;2*1-2/h4-5,7,12H,2-3,6H2,1H3,(H,13,14);2*1-2H3. The zero-order chi connectivity index (χ0) is 14.0. The maximum Gasteiger partial charge on any atom is 0.251 e. The molecule has 0 radical (unpaired) electrons. The summed E-state index contributed by atoms with van der Waals surface area (Å²) < 4.78 is 0. The van der Waals surface area contributed by atoms with Gasteiger partial charge < -0.3 is 10.6 Å². The van der Waals surface area contributed by atoms with E-state index >= 15 is 0 Å². The van der Waals surface area contributed by atoms with E-state index < -0.39 is 0 Å². The van der Waals surface area contributed by atoms with Crippen molar-refractivity contribution < 1.29 is 4.79 Å². The summed E-state index contributed by atoms with van der Waals surface area (Å²) in [5, 5.41) is 5.96. The highest BCUT2D eigenvalue weighted by Gasteiger charge is 2.14. The Morgan fingerprint density at radius 1 is 1.17 bits per heavy atom. The molecule has 18 heavy (non-hydrogen) atoms. The predicted octanol–water partition coefficient (Wildman–Crippen LogP) is 3.46. The van der Waals surface area contributed by atoms with Crippen molar-refractivity contribution in [3.63, 3.8) is 0 Å². The predicted molar refractivity (Wildman–Crippen MR) is 79.3 cm³/mol. The fraction of sp³-hybridized carbons (Fsp3) is 0.533. The number of carbonyl (C=O) groups excluding carboxylic acids is 1. The first-order chi connectivity index (χ1) is 8.81. The maximum absolute atomic E-state index is 11.6. The van der Waals surface area contributed by atoms with Crippen molar-refractivity contribution in [3.05, 3.63) is 29.3 Å². The Hall–Kier alpha value is -1.51. The van der Waals surface area contributed by atoms with Crippen LogP contribution in [0.5, 0.6) is 0 Å². The highest BCUT2D eigenvalue weighted by atomic mass is 16.1. The summed E-state index contributed by atoms with van der Waals surface area (Å²) in [5.41, 5.74) is 3.03. The molecule has 0 atom stereocenters. The van der Waals surface area contributed by atoms with Gasteiger partial charge in [0.2, 0.25) is 0 Å². The van der Waals surface area contributed by atoms with Gasteiger partial charge in [-0.2, -0.15) is 0 Å². The molecule has 1 aliphatic heterocycles. The molecule has 3 heteroatoms. The van der Waals surface area contributed by atoms with Gasteiger partial charge >= 0.3 is 0 Å². The number of amides is 1. The molecule has 3 nitrogen and oxygen atoms in total. The molecule has 1 heterocycles. The third kappa shape index (κ3) is 4.40. The molecule has 0 bridgehead atoms. The molecule has 0 spiro atoms. The molecule has 0 aliphatic carbocycles. The summed E-state index contributed by atoms with van der Waals surface area (Å²) in [6.07, 6.45) is 2.00. The molecule has 1 aromatic rings. The van der Waals surface area contributed by atoms with E-state index in [2.05, 4.69) is 16.7 Å². The average Bonchev–Trinajstić information content (AvgIpc) is 2.65. The van der Waals surface area contributed by atoms with Gasteiger partial charge in [0, 0.05) is 24.8 Å². The van der Waals surface area contributed by atoms with Crippen LogP contribution in [0.3, 0.4) is 0 Å². The summed E-state index contributed by atoms with van der Waals surface area (Å²) in [6, 6.07) is 5.88. The van der Waals surface area contributed by atoms with Crippen LogP contribution >= 0.6 is 0 Å². The SMILES string of the molecule is CC.CC.CNc1ccc2c(c1)CCCNC2=O. The first-order valence-electron chi connectivity index (χ1n) is 6.90. The van der Waals surface area contributed by atoms with E-state index in [1.807, 2.05) is 46.9 Å². The molecule has 1 aliphatic rings. The number of hydrogen-bond acceptors (Lipinski definition) is 2. The van der Waals surface area contributed by atoms with E-state index in [0.717, 1.165) is 36.2 Å². The van der Waals surface area contributed by atoms with Crippen molar-refractivity contribution in [1.29, 1.82) is 0 Å². The van der Waals surface area contributed by atoms with E-state index in [1.54, 1.807) is 0 Å². The number of benzene rings is 1. The Morgan fingerprint density at radius 3 is 2.44 bits per heavy atom. The van der Waals surface area contributed by atoms with E-state index in [-0.39, 0.29) is 5.91 Å². The Balaban J connectivity index is 0.000000659. The molecule has 0 saturated heterocycles. The molecule has 0 saturated carbocycles. The third-order valence-electron chi connectivity index (χ3n) is 2.55. The third-order valence-corrected chi connectivity index (χ3v) is 2.55. The van der Waals surface area contributed by atoms with E-state index in [9.17, 15) is 4.79 Å². The number of aryl methyl sites for hydroxylation is 1. The minimum Gasteiger partial charge on any atom is -0.388 e. The van der Waals surface area contributed by atoms with E-state index in [4.69, 9.17) is 0 Å². The lowest BCUT2D eigenvalue weighted by Gasteiger charge is -2.06. The lowest BCUT2D eigenvalue weighted by molar-refractivity contribution is 0.0956. The first-order valence-corrected chi connectivity index (χ1v) is 6.90. The number of nitrogens with one attached hydrogen (secondary N) is 2. The van der Waals surface area contributed by atoms with Crippen molar-refractivity contribution in [2.24, 2.45) is 0 Å². The van der Waals surface area contributed by atoms with Gasteiger partial charge in [0.1, 0.15) is 0 Å². The largest absolute Gasteiger partial charge is 0.388 e. The average molecular weight is 250 g/mol. The van der Waals surface area contributed by atoms with Gasteiger partial charge in [-0.3, -0.25) is 4.79 Å². The van der Waals surface area contributed by atoms with E-state index in [1.165, 1.54) is 0 Å². The smallest absolute Gasteiger partial charge is 0.251 e. The lowest BCUT2D eigenvalue weighted by atomic mass is 10.0. The van der Waals surface area contributed by atoms with Crippen LogP contribution < -0.4 is 10.6 Å². The molecule has 0 unspecified atom stereocenters. The fourth-order valence-electron chi connectivity index (χ4n) is 1.75. The second-order valence-electron chi connectivity index (χ2n) is 3.48. The van der Waals surface area contributed by atoms with Crippen molar-refractivity contribution in [2.75, 3.05) is 18.9 Å². The van der Waals surface area contributed by atoms with Gasteiger partial charge in [0.25, 0.3) is 5.91 Å². The fourth-order valence-corrected chi connectivity index (χ4v) is 1.75. The minimum absolute atomic E-state index is 0.0557. The van der Waals surface area contributed by atoms with Crippen molar-refractivity contribution in [2.45, 2.75) is 40.5 Å². The van der Waals surface area contributed by atoms with Gasteiger partial charge in [0.15, 0.2) is 0 Å². The highest BCUT2D eigenvalue weighted by Crippen LogP contribution is 2.18. The van der Waals surface area contributed by atoms with Crippen LogP contribution in [0.15, 0.2) is 18.2 Å². The first kappa shape index (κ1) is 16.5. The summed E-state index contributed by atoms with van der Waals surface area (Å²) in [6.45, 7) is 8.78. The molecule has 2 N–H and O–H groups in total. The number of carbonyl (C=O) groups is 1. The molecule has 2 rings (SSSR count). The van der Waals surface area contributed by atoms with Crippen molar-refractivity contribution in [3.8, 4) is 0 Å². The van der Waals surface area contributed by atoms with Crippen LogP contribution in [0, 0.1) is 0 Å². The Labute approximate surface area is 111 Å². The van der Waals surface area contributed by atoms with Gasteiger partial charge in [-0.05, 0) is 36.6 Å². The zero-order valence-electron chi connectivity index (χ0n) is 12.3. The number of hydrogen-bond donors (Lipinski definition) is 2. The second kappa shape index (κ2) is 9.51. The summed E-state index contributed by atoms with van der Waals surface area (Å²) >= 11 is 0. The van der Waals surface area contributed by atoms with Crippen molar-refractivity contribution >= 4 is 11.6 Å². The zero-order valence-corrected chi connectivity index (χ0v) is 12.3. The van der Waals surface area contributed by atoms with Crippen LogP contribution in [0.25, 0.3) is 0 Å². The highest BCUT2D eigenvalue weighted by molar-refractivity contribution is 5.96. The summed E-state index contributed by atoms with van der Waals surface area (Å²) in [4.78, 5) is 11.6. The van der Waals surface area contributed by atoms with E-state index in [0.29, 0.717) is 0 Å². The minimum atomic E-state index is 0.0557. The topological polar surface area (TPSA) is 41.1 Å². The quantitative estimate of drug-likeness (QED) is 0.801. The van der Waals surface area contributed by atoms with Crippen LogP contribution in [0.4, 0.5) is 5.69 Å². The molecular weight excluding hydrogens is 224 g/mol. The Bertz CT molecular complexity index is 362. The van der Waals surface area contributed by atoms with Crippen LogP contribution in [-0.2, 0) is 6.42 Å². The second-order valence-corrected chi connectivity index (χ2v) is 3.48. The Kier molecular flexibility index (Phi) is 8.71. The Morgan fingerprint density at radius 2 is 1.83 bits per heavy atom. The molecule has 0 aromatic heterocycles. The van der Waals surface area contributed by atoms with Gasteiger partial charge in [-0.25, -0.2) is 0 Å².